The highest BCUT2D eigenvalue weighted by molar-refractivity contribution is 5.78. The van der Waals surface area contributed by atoms with Crippen LogP contribution in [0.15, 0.2) is 18.2 Å². The first kappa shape index (κ1) is 20.6. The van der Waals surface area contributed by atoms with Crippen LogP contribution in [-0.4, -0.2) is 66.5 Å². The van der Waals surface area contributed by atoms with Gasteiger partial charge < -0.3 is 15.0 Å². The van der Waals surface area contributed by atoms with Crippen LogP contribution in [0.5, 0.6) is 5.75 Å². The molecule has 28 heavy (non-hydrogen) atoms. The Morgan fingerprint density at radius 1 is 1.04 bits per heavy atom. The number of hydrogen-bond acceptors (Lipinski definition) is 4. The van der Waals surface area contributed by atoms with E-state index >= 15 is 0 Å². The van der Waals surface area contributed by atoms with Crippen molar-refractivity contribution in [2.24, 2.45) is 0 Å². The number of carbonyl (C=O) groups is 2. The summed E-state index contributed by atoms with van der Waals surface area (Å²) < 4.78 is 6.14. The van der Waals surface area contributed by atoms with E-state index in [2.05, 4.69) is 36.2 Å². The molecule has 0 radical (unpaired) electrons. The molecule has 2 aliphatic rings. The van der Waals surface area contributed by atoms with Crippen LogP contribution in [0.2, 0.25) is 0 Å². The van der Waals surface area contributed by atoms with Crippen molar-refractivity contribution in [1.82, 2.24) is 15.1 Å². The number of hydrogen-bond donors (Lipinski definition) is 1. The lowest BCUT2D eigenvalue weighted by molar-refractivity contribution is -0.130. The van der Waals surface area contributed by atoms with E-state index in [4.69, 9.17) is 4.74 Å². The Kier molecular flexibility index (Phi) is 6.94. The molecule has 0 spiro atoms. The van der Waals surface area contributed by atoms with Crippen LogP contribution >= 0.6 is 0 Å². The van der Waals surface area contributed by atoms with Crippen LogP contribution in [0.25, 0.3) is 0 Å². The van der Waals surface area contributed by atoms with Crippen molar-refractivity contribution >= 4 is 11.8 Å². The van der Waals surface area contributed by atoms with Crippen LogP contribution in [-0.2, 0) is 9.59 Å². The summed E-state index contributed by atoms with van der Waals surface area (Å²) in [6.45, 7) is 9.50. The van der Waals surface area contributed by atoms with Crippen LogP contribution in [0, 0.1) is 13.8 Å². The van der Waals surface area contributed by atoms with E-state index < -0.39 is 0 Å². The molecule has 2 amide bonds. The summed E-state index contributed by atoms with van der Waals surface area (Å²) in [5.74, 6) is 1.15. The molecule has 0 aromatic heterocycles. The quantitative estimate of drug-likeness (QED) is 0.842. The van der Waals surface area contributed by atoms with Crippen LogP contribution in [0.4, 0.5) is 0 Å². The van der Waals surface area contributed by atoms with E-state index in [1.807, 2.05) is 11.0 Å². The van der Waals surface area contributed by atoms with Crippen molar-refractivity contribution in [2.75, 3.05) is 32.7 Å². The Labute approximate surface area is 168 Å². The van der Waals surface area contributed by atoms with Gasteiger partial charge in [-0.2, -0.15) is 0 Å². The molecule has 0 aliphatic carbocycles. The molecule has 2 fully saturated rings. The number of nitrogens with zero attached hydrogens (tertiary/aromatic N) is 2. The maximum absolute atomic E-state index is 12.4. The molecule has 6 heteroatoms. The minimum absolute atomic E-state index is 0.0924. The van der Waals surface area contributed by atoms with Gasteiger partial charge in [0, 0.05) is 39.1 Å². The highest BCUT2D eigenvalue weighted by Crippen LogP contribution is 2.21. The molecule has 0 atom stereocenters. The van der Waals surface area contributed by atoms with Crippen molar-refractivity contribution < 1.29 is 14.3 Å². The van der Waals surface area contributed by atoms with Gasteiger partial charge in [-0.15, -0.1) is 0 Å². The molecule has 2 saturated heterocycles. The molecule has 1 aromatic rings. The van der Waals surface area contributed by atoms with Crippen LogP contribution in [0.3, 0.4) is 0 Å². The Morgan fingerprint density at radius 2 is 1.71 bits per heavy atom. The Bertz CT molecular complexity index is 690. The molecule has 0 bridgehead atoms. The van der Waals surface area contributed by atoms with E-state index in [0.717, 1.165) is 57.6 Å². The van der Waals surface area contributed by atoms with Gasteiger partial charge in [0.1, 0.15) is 11.9 Å². The largest absolute Gasteiger partial charge is 0.490 e. The number of likely N-dealkylation sites (tertiary alicyclic amines) is 2. The summed E-state index contributed by atoms with van der Waals surface area (Å²) in [4.78, 5) is 27.8. The van der Waals surface area contributed by atoms with Gasteiger partial charge in [0.05, 0.1) is 6.54 Å². The van der Waals surface area contributed by atoms with E-state index in [-0.39, 0.29) is 24.0 Å². The van der Waals surface area contributed by atoms with Crippen molar-refractivity contribution in [3.63, 3.8) is 0 Å². The van der Waals surface area contributed by atoms with Crippen molar-refractivity contribution in [3.8, 4) is 5.75 Å². The second-order valence-corrected chi connectivity index (χ2v) is 8.19. The summed E-state index contributed by atoms with van der Waals surface area (Å²) in [6, 6.07) is 6.44. The molecule has 1 aromatic carbocycles. The minimum atomic E-state index is 0.0924. The number of ether oxygens (including phenoxy) is 1. The standard InChI is InChI=1S/C22H33N3O3/c1-16-4-5-21(14-17(16)2)28-20-8-10-24(11-9-20)15-22(27)23-19-6-12-25(13-7-19)18(3)26/h4-5,14,19-20H,6-13,15H2,1-3H3,(H,23,27). The number of carbonyl (C=O) groups excluding carboxylic acids is 2. The number of nitrogens with one attached hydrogen (secondary N) is 1. The lowest BCUT2D eigenvalue weighted by atomic mass is 10.0. The highest BCUT2D eigenvalue weighted by Gasteiger charge is 2.25. The van der Waals surface area contributed by atoms with Gasteiger partial charge in [0.25, 0.3) is 0 Å². The van der Waals surface area contributed by atoms with Gasteiger partial charge in [-0.05, 0) is 62.8 Å². The highest BCUT2D eigenvalue weighted by atomic mass is 16.5. The average Bonchev–Trinajstić information content (AvgIpc) is 2.67. The SMILES string of the molecule is CC(=O)N1CCC(NC(=O)CN2CCC(Oc3ccc(C)c(C)c3)CC2)CC1. The predicted molar refractivity (Wildman–Crippen MR) is 109 cm³/mol. The molecular formula is C22H33N3O3. The molecular weight excluding hydrogens is 354 g/mol. The fraction of sp³-hybridized carbons (Fsp3) is 0.636. The van der Waals surface area contributed by atoms with Gasteiger partial charge in [-0.3, -0.25) is 14.5 Å². The normalized spacial score (nSPS) is 19.5. The first-order valence-electron chi connectivity index (χ1n) is 10.4. The number of aryl methyl sites for hydroxylation is 2. The first-order valence-corrected chi connectivity index (χ1v) is 10.4. The van der Waals surface area contributed by atoms with Gasteiger partial charge in [0.15, 0.2) is 0 Å². The van der Waals surface area contributed by atoms with Crippen molar-refractivity contribution in [3.05, 3.63) is 29.3 Å². The number of piperidine rings is 2. The maximum atomic E-state index is 12.4. The third-order valence-corrected chi connectivity index (χ3v) is 5.99. The summed E-state index contributed by atoms with van der Waals surface area (Å²) in [5, 5.41) is 3.14. The van der Waals surface area contributed by atoms with Crippen molar-refractivity contribution in [2.45, 2.75) is 58.6 Å². The minimum Gasteiger partial charge on any atom is -0.490 e. The molecule has 0 saturated carbocycles. The summed E-state index contributed by atoms with van der Waals surface area (Å²) in [5.41, 5.74) is 2.53. The first-order chi connectivity index (χ1) is 13.4. The molecule has 1 N–H and O–H groups in total. The smallest absolute Gasteiger partial charge is 0.234 e. The van der Waals surface area contributed by atoms with Gasteiger partial charge in [-0.1, -0.05) is 6.07 Å². The van der Waals surface area contributed by atoms with E-state index in [1.54, 1.807) is 6.92 Å². The predicted octanol–water partition coefficient (Wildman–Crippen LogP) is 2.27. The van der Waals surface area contributed by atoms with E-state index in [1.165, 1.54) is 11.1 Å². The Balaban J connectivity index is 1.36. The third kappa shape index (κ3) is 5.71. The monoisotopic (exact) mass is 387 g/mol. The van der Waals surface area contributed by atoms with Crippen molar-refractivity contribution in [1.29, 1.82) is 0 Å². The molecule has 6 nitrogen and oxygen atoms in total. The van der Waals surface area contributed by atoms with Gasteiger partial charge in [0.2, 0.25) is 11.8 Å². The molecule has 0 unspecified atom stereocenters. The number of amides is 2. The lowest BCUT2D eigenvalue weighted by Gasteiger charge is -2.34. The van der Waals surface area contributed by atoms with Gasteiger partial charge in [-0.25, -0.2) is 0 Å². The number of rotatable bonds is 5. The van der Waals surface area contributed by atoms with Gasteiger partial charge >= 0.3 is 0 Å². The lowest BCUT2D eigenvalue weighted by Crippen LogP contribution is -2.49. The fourth-order valence-corrected chi connectivity index (χ4v) is 3.98. The molecule has 2 aliphatic heterocycles. The fourth-order valence-electron chi connectivity index (χ4n) is 3.98. The summed E-state index contributed by atoms with van der Waals surface area (Å²) in [7, 11) is 0. The average molecular weight is 388 g/mol. The van der Waals surface area contributed by atoms with E-state index in [0.29, 0.717) is 6.54 Å². The van der Waals surface area contributed by atoms with Crippen LogP contribution < -0.4 is 10.1 Å². The third-order valence-electron chi connectivity index (χ3n) is 5.99. The second kappa shape index (κ2) is 9.41. The zero-order valence-corrected chi connectivity index (χ0v) is 17.4. The van der Waals surface area contributed by atoms with Crippen LogP contribution in [0.1, 0.15) is 43.7 Å². The molecule has 154 valence electrons. The maximum Gasteiger partial charge on any atom is 0.234 e. The van der Waals surface area contributed by atoms with E-state index in [9.17, 15) is 9.59 Å². The topological polar surface area (TPSA) is 61.9 Å². The second-order valence-electron chi connectivity index (χ2n) is 8.19. The zero-order valence-electron chi connectivity index (χ0n) is 17.4. The summed E-state index contributed by atoms with van der Waals surface area (Å²) in [6.07, 6.45) is 3.79. The summed E-state index contributed by atoms with van der Waals surface area (Å²) >= 11 is 0. The molecule has 3 rings (SSSR count). The molecule has 2 heterocycles. The number of benzene rings is 1. The Hall–Kier alpha value is -2.08. The Morgan fingerprint density at radius 3 is 2.32 bits per heavy atom. The zero-order chi connectivity index (χ0) is 20.1.